The second-order valence-electron chi connectivity index (χ2n) is 2.22. The largest absolute Gasteiger partial charge is 0.433 e. The average molecular weight is 176 g/mol. The summed E-state index contributed by atoms with van der Waals surface area (Å²) in [5.74, 6) is 0. The Labute approximate surface area is 67.2 Å². The van der Waals surface area contributed by atoms with Crippen molar-refractivity contribution in [3.63, 3.8) is 0 Å². The number of hydrogen-bond donors (Lipinski definition) is 1. The lowest BCUT2D eigenvalue weighted by Crippen LogP contribution is -2.10. The molecule has 0 aliphatic rings. The topological polar surface area (TPSA) is 38.9 Å². The normalized spacial score (nSPS) is 11.7. The first kappa shape index (κ1) is 8.99. The van der Waals surface area contributed by atoms with E-state index >= 15 is 0 Å². The highest BCUT2D eigenvalue weighted by Gasteiger charge is 2.32. The van der Waals surface area contributed by atoms with Gasteiger partial charge in [0.25, 0.3) is 0 Å². The van der Waals surface area contributed by atoms with Crippen molar-refractivity contribution in [2.45, 2.75) is 12.7 Å². The maximum Gasteiger partial charge on any atom is 0.433 e. The van der Waals surface area contributed by atoms with E-state index in [-0.39, 0.29) is 12.2 Å². The van der Waals surface area contributed by atoms with Gasteiger partial charge >= 0.3 is 6.18 Å². The number of nitrogens with two attached hydrogens (primary N) is 1. The van der Waals surface area contributed by atoms with Gasteiger partial charge in [-0.1, -0.05) is 6.07 Å². The molecular weight excluding hydrogens is 169 g/mol. The van der Waals surface area contributed by atoms with Gasteiger partial charge in [0, 0.05) is 6.54 Å². The van der Waals surface area contributed by atoms with Crippen LogP contribution in [0.2, 0.25) is 0 Å². The molecule has 1 rings (SSSR count). The Morgan fingerprint density at radius 3 is 2.50 bits per heavy atom. The molecule has 5 heteroatoms. The quantitative estimate of drug-likeness (QED) is 0.705. The van der Waals surface area contributed by atoms with Gasteiger partial charge in [-0.25, -0.2) is 4.98 Å². The molecule has 1 aromatic rings. The molecule has 0 fully saturated rings. The van der Waals surface area contributed by atoms with Crippen LogP contribution in [0.15, 0.2) is 18.2 Å². The molecular formula is C7H7F3N2. The van der Waals surface area contributed by atoms with Crippen molar-refractivity contribution in [3.8, 4) is 0 Å². The highest BCUT2D eigenvalue weighted by atomic mass is 19.4. The van der Waals surface area contributed by atoms with Crippen molar-refractivity contribution < 1.29 is 13.2 Å². The molecule has 0 saturated heterocycles. The molecule has 1 aromatic heterocycles. The lowest BCUT2D eigenvalue weighted by molar-refractivity contribution is -0.141. The van der Waals surface area contributed by atoms with Crippen LogP contribution in [0.1, 0.15) is 11.4 Å². The van der Waals surface area contributed by atoms with E-state index in [9.17, 15) is 13.2 Å². The molecule has 2 nitrogen and oxygen atoms in total. The number of pyridine rings is 1. The summed E-state index contributed by atoms with van der Waals surface area (Å²) in [5.41, 5.74) is 4.47. The third kappa shape index (κ3) is 1.94. The summed E-state index contributed by atoms with van der Waals surface area (Å²) in [6.07, 6.45) is -4.38. The molecule has 0 saturated carbocycles. The van der Waals surface area contributed by atoms with E-state index in [1.54, 1.807) is 0 Å². The van der Waals surface area contributed by atoms with Crippen LogP contribution in [0.5, 0.6) is 0 Å². The Morgan fingerprint density at radius 2 is 2.00 bits per heavy atom. The van der Waals surface area contributed by atoms with Gasteiger partial charge in [0.2, 0.25) is 0 Å². The van der Waals surface area contributed by atoms with Crippen LogP contribution in [0.25, 0.3) is 0 Å². The van der Waals surface area contributed by atoms with Crippen molar-refractivity contribution >= 4 is 0 Å². The number of hydrogen-bond acceptors (Lipinski definition) is 2. The zero-order chi connectivity index (χ0) is 9.19. The number of halogens is 3. The van der Waals surface area contributed by atoms with Gasteiger partial charge in [0.1, 0.15) is 5.69 Å². The third-order valence-corrected chi connectivity index (χ3v) is 1.31. The van der Waals surface area contributed by atoms with Gasteiger partial charge in [-0.2, -0.15) is 13.2 Å². The van der Waals surface area contributed by atoms with Crippen molar-refractivity contribution in [3.05, 3.63) is 29.6 Å². The maximum absolute atomic E-state index is 12.0. The lowest BCUT2D eigenvalue weighted by atomic mass is 10.3. The Kier molecular flexibility index (Phi) is 2.32. The van der Waals surface area contributed by atoms with Gasteiger partial charge in [-0.15, -0.1) is 0 Å². The van der Waals surface area contributed by atoms with Crippen LogP contribution < -0.4 is 5.73 Å². The van der Waals surface area contributed by atoms with Gasteiger partial charge in [0.15, 0.2) is 0 Å². The number of rotatable bonds is 1. The lowest BCUT2D eigenvalue weighted by Gasteiger charge is -2.05. The van der Waals surface area contributed by atoms with E-state index in [1.807, 2.05) is 0 Å². The molecule has 0 aliphatic heterocycles. The van der Waals surface area contributed by atoms with Crippen molar-refractivity contribution in [1.29, 1.82) is 0 Å². The van der Waals surface area contributed by atoms with Gasteiger partial charge in [0.05, 0.1) is 5.69 Å². The van der Waals surface area contributed by atoms with E-state index in [0.717, 1.165) is 6.07 Å². The average Bonchev–Trinajstić information content (AvgIpc) is 2.03. The summed E-state index contributed by atoms with van der Waals surface area (Å²) in [5, 5.41) is 0. The molecule has 2 N–H and O–H groups in total. The van der Waals surface area contributed by atoms with Crippen LogP contribution >= 0.6 is 0 Å². The molecule has 0 atom stereocenters. The second kappa shape index (κ2) is 3.10. The van der Waals surface area contributed by atoms with E-state index in [1.165, 1.54) is 12.1 Å². The van der Waals surface area contributed by atoms with E-state index in [4.69, 9.17) is 5.73 Å². The molecule has 66 valence electrons. The zero-order valence-electron chi connectivity index (χ0n) is 6.10. The summed E-state index contributed by atoms with van der Waals surface area (Å²) >= 11 is 0. The summed E-state index contributed by atoms with van der Waals surface area (Å²) in [7, 11) is 0. The molecule has 0 unspecified atom stereocenters. The smallest absolute Gasteiger partial charge is 0.325 e. The van der Waals surface area contributed by atoms with Gasteiger partial charge in [-0.05, 0) is 12.1 Å². The van der Waals surface area contributed by atoms with Gasteiger partial charge in [-0.3, -0.25) is 0 Å². The molecule has 0 bridgehead atoms. The predicted octanol–water partition coefficient (Wildman–Crippen LogP) is 1.56. The fraction of sp³-hybridized carbons (Fsp3) is 0.286. The Hall–Kier alpha value is -1.10. The molecule has 0 spiro atoms. The number of alkyl halides is 3. The summed E-state index contributed by atoms with van der Waals surface area (Å²) < 4.78 is 36.0. The van der Waals surface area contributed by atoms with Crippen molar-refractivity contribution in [1.82, 2.24) is 4.98 Å². The van der Waals surface area contributed by atoms with E-state index in [0.29, 0.717) is 0 Å². The van der Waals surface area contributed by atoms with Crippen LogP contribution in [-0.4, -0.2) is 4.98 Å². The SMILES string of the molecule is NCc1cccc(C(F)(F)F)n1. The van der Waals surface area contributed by atoms with Crippen molar-refractivity contribution in [2.24, 2.45) is 5.73 Å². The molecule has 0 aromatic carbocycles. The molecule has 0 radical (unpaired) electrons. The Bertz CT molecular complexity index is 270. The third-order valence-electron chi connectivity index (χ3n) is 1.31. The number of aromatic nitrogens is 1. The van der Waals surface area contributed by atoms with Crippen LogP contribution in [0.4, 0.5) is 13.2 Å². The first-order chi connectivity index (χ1) is 5.54. The van der Waals surface area contributed by atoms with Gasteiger partial charge < -0.3 is 5.73 Å². The standard InChI is InChI=1S/C7H7F3N2/c8-7(9,10)6-3-1-2-5(4-11)12-6/h1-3H,4,11H2. The minimum absolute atomic E-state index is 0.0178. The Balaban J connectivity index is 3.02. The zero-order valence-corrected chi connectivity index (χ0v) is 6.10. The summed E-state index contributed by atoms with van der Waals surface area (Å²) in [6.45, 7) is 0.0178. The highest BCUT2D eigenvalue weighted by molar-refractivity contribution is 5.13. The van der Waals surface area contributed by atoms with Crippen LogP contribution in [0, 0.1) is 0 Å². The Morgan fingerprint density at radius 1 is 1.33 bits per heavy atom. The minimum Gasteiger partial charge on any atom is -0.325 e. The second-order valence-corrected chi connectivity index (χ2v) is 2.22. The summed E-state index contributed by atoms with van der Waals surface area (Å²) in [4.78, 5) is 3.31. The molecule has 1 heterocycles. The maximum atomic E-state index is 12.0. The van der Waals surface area contributed by atoms with E-state index < -0.39 is 11.9 Å². The monoisotopic (exact) mass is 176 g/mol. The minimum atomic E-state index is -4.38. The first-order valence-corrected chi connectivity index (χ1v) is 3.27. The fourth-order valence-corrected chi connectivity index (χ4v) is 0.751. The number of nitrogens with zero attached hydrogens (tertiary/aromatic N) is 1. The first-order valence-electron chi connectivity index (χ1n) is 3.27. The van der Waals surface area contributed by atoms with Crippen molar-refractivity contribution in [2.75, 3.05) is 0 Å². The molecule has 12 heavy (non-hydrogen) atoms. The van der Waals surface area contributed by atoms with E-state index in [2.05, 4.69) is 4.98 Å². The van der Waals surface area contributed by atoms with Crippen LogP contribution in [-0.2, 0) is 12.7 Å². The van der Waals surface area contributed by atoms with Crippen LogP contribution in [0.3, 0.4) is 0 Å². The predicted molar refractivity (Wildman–Crippen MR) is 37.1 cm³/mol. The molecule has 0 aliphatic carbocycles. The fourth-order valence-electron chi connectivity index (χ4n) is 0.751. The molecule has 0 amide bonds. The highest BCUT2D eigenvalue weighted by Crippen LogP contribution is 2.27. The summed E-state index contributed by atoms with van der Waals surface area (Å²) in [6, 6.07) is 3.66.